The second kappa shape index (κ2) is 8.60. The van der Waals surface area contributed by atoms with Crippen LogP contribution in [0.25, 0.3) is 0 Å². The summed E-state index contributed by atoms with van der Waals surface area (Å²) in [5, 5.41) is 2.80. The van der Waals surface area contributed by atoms with Gasteiger partial charge in [-0.05, 0) is 31.5 Å². The number of hydrogen-bond donors (Lipinski definition) is 2. The summed E-state index contributed by atoms with van der Waals surface area (Å²) in [6.07, 6.45) is 14.9. The average molecular weight is 492 g/mol. The van der Waals surface area contributed by atoms with E-state index in [-0.39, 0.29) is 12.5 Å². The number of piperidine rings is 1. The van der Waals surface area contributed by atoms with E-state index < -0.39 is 0 Å². The van der Waals surface area contributed by atoms with Crippen LogP contribution in [-0.4, -0.2) is 53.5 Å². The fraction of sp³-hybridized carbons (Fsp3) is 0.450. The highest BCUT2D eigenvalue weighted by Gasteiger charge is 2.27. The lowest BCUT2D eigenvalue weighted by Crippen LogP contribution is -2.40. The number of fused-ring (bicyclic) bond motifs is 1. The van der Waals surface area contributed by atoms with Gasteiger partial charge in [0.25, 0.3) is 0 Å². The summed E-state index contributed by atoms with van der Waals surface area (Å²) >= 11 is 2.05. The van der Waals surface area contributed by atoms with Crippen LogP contribution >= 0.6 is 22.6 Å². The molecule has 1 aromatic rings. The minimum atomic E-state index is -0.0965. The summed E-state index contributed by atoms with van der Waals surface area (Å²) in [5.74, 6) is 1.31. The number of aromatic nitrogens is 2. The van der Waals surface area contributed by atoms with Crippen LogP contribution in [0.4, 0.5) is 17.3 Å². The van der Waals surface area contributed by atoms with Gasteiger partial charge in [0.1, 0.15) is 5.69 Å². The standard InChI is InChI=1S/C20H25IN6O/c21-20-24-18(22)17-19(25-20)27(13-16(28)23-17)12-15-6-4-5-14(7-8-15)11-26-9-2-1-3-10-26/h4-8,14H,1-3,9-13H2,(H,23,28)(H2,22,24,25). The van der Waals surface area contributed by atoms with Gasteiger partial charge in [0.05, 0.1) is 6.54 Å². The summed E-state index contributed by atoms with van der Waals surface area (Å²) in [6, 6.07) is 0. The number of nitrogens with two attached hydrogens (primary N) is 1. The Bertz CT molecular complexity index is 843. The molecule has 1 fully saturated rings. The molecule has 1 aliphatic carbocycles. The number of rotatable bonds is 4. The van der Waals surface area contributed by atoms with E-state index in [4.69, 9.17) is 5.73 Å². The third-order valence-electron chi connectivity index (χ3n) is 5.31. The van der Waals surface area contributed by atoms with Gasteiger partial charge in [0, 0.05) is 41.6 Å². The SMILES string of the molecule is Nc1nc(I)nc2c1NC(=O)CN2CC1=CC=CC(CN2CCCCC2)C=C1. The van der Waals surface area contributed by atoms with Gasteiger partial charge in [-0.25, -0.2) is 9.97 Å². The first-order chi connectivity index (χ1) is 13.6. The topological polar surface area (TPSA) is 87.4 Å². The normalized spacial score (nSPS) is 22.5. The molecule has 148 valence electrons. The summed E-state index contributed by atoms with van der Waals surface area (Å²) in [6.45, 7) is 4.34. The van der Waals surface area contributed by atoms with Gasteiger partial charge < -0.3 is 20.9 Å². The summed E-state index contributed by atoms with van der Waals surface area (Å²) in [7, 11) is 0. The number of nitrogens with one attached hydrogen (secondary N) is 1. The van der Waals surface area contributed by atoms with Crippen LogP contribution in [0, 0.1) is 9.75 Å². The molecule has 0 aromatic carbocycles. The molecule has 0 saturated carbocycles. The number of carbonyl (C=O) groups excluding carboxylic acids is 1. The van der Waals surface area contributed by atoms with Gasteiger partial charge in [0.15, 0.2) is 15.5 Å². The average Bonchev–Trinajstić information content (AvgIpc) is 2.89. The van der Waals surface area contributed by atoms with Crippen molar-refractivity contribution in [1.29, 1.82) is 0 Å². The van der Waals surface area contributed by atoms with Gasteiger partial charge in [-0.2, -0.15) is 0 Å². The maximum absolute atomic E-state index is 12.1. The maximum Gasteiger partial charge on any atom is 0.244 e. The Hall–Kier alpha value is -1.94. The van der Waals surface area contributed by atoms with E-state index in [1.165, 1.54) is 32.4 Å². The van der Waals surface area contributed by atoms with E-state index in [0.717, 1.165) is 12.1 Å². The minimum Gasteiger partial charge on any atom is -0.382 e. The number of likely N-dealkylation sites (tertiary alicyclic amines) is 1. The molecular weight excluding hydrogens is 467 g/mol. The fourth-order valence-corrected chi connectivity index (χ4v) is 4.41. The Morgan fingerprint density at radius 3 is 2.86 bits per heavy atom. The van der Waals surface area contributed by atoms with Crippen LogP contribution in [0.3, 0.4) is 0 Å². The van der Waals surface area contributed by atoms with Crippen LogP contribution < -0.4 is 16.0 Å². The molecule has 1 saturated heterocycles. The number of carbonyl (C=O) groups is 1. The molecule has 1 aromatic heterocycles. The molecule has 3 aliphatic rings. The van der Waals surface area contributed by atoms with E-state index >= 15 is 0 Å². The zero-order valence-electron chi connectivity index (χ0n) is 15.8. The van der Waals surface area contributed by atoms with Crippen molar-refractivity contribution < 1.29 is 4.79 Å². The molecule has 7 nitrogen and oxygen atoms in total. The third-order valence-corrected chi connectivity index (χ3v) is 5.79. The first kappa shape index (κ1) is 19.4. The van der Waals surface area contributed by atoms with E-state index in [1.807, 2.05) is 27.5 Å². The Kier molecular flexibility index (Phi) is 5.96. The number of hydrogen-bond acceptors (Lipinski definition) is 6. The summed E-state index contributed by atoms with van der Waals surface area (Å²) in [5.41, 5.74) is 7.64. The van der Waals surface area contributed by atoms with Crippen LogP contribution in [0.2, 0.25) is 0 Å². The monoisotopic (exact) mass is 492 g/mol. The lowest BCUT2D eigenvalue weighted by Gasteiger charge is -2.30. The van der Waals surface area contributed by atoms with Crippen molar-refractivity contribution in [2.45, 2.75) is 19.3 Å². The maximum atomic E-state index is 12.1. The second-order valence-corrected chi connectivity index (χ2v) is 8.46. The van der Waals surface area contributed by atoms with Crippen molar-refractivity contribution in [1.82, 2.24) is 14.9 Å². The van der Waals surface area contributed by atoms with Crippen molar-refractivity contribution in [3.05, 3.63) is 39.8 Å². The molecule has 3 heterocycles. The minimum absolute atomic E-state index is 0.0965. The number of amides is 1. The Balaban J connectivity index is 1.46. The van der Waals surface area contributed by atoms with Crippen LogP contribution in [0.1, 0.15) is 19.3 Å². The van der Waals surface area contributed by atoms with Gasteiger partial charge in [-0.15, -0.1) is 0 Å². The van der Waals surface area contributed by atoms with E-state index in [9.17, 15) is 4.79 Å². The molecule has 0 radical (unpaired) electrons. The van der Waals surface area contributed by atoms with Gasteiger partial charge >= 0.3 is 0 Å². The fourth-order valence-electron chi connectivity index (χ4n) is 3.92. The molecule has 0 bridgehead atoms. The number of halogens is 1. The molecule has 1 amide bonds. The Labute approximate surface area is 178 Å². The van der Waals surface area contributed by atoms with Crippen molar-refractivity contribution in [2.75, 3.05) is 48.7 Å². The molecule has 2 aliphatic heterocycles. The Morgan fingerprint density at radius 2 is 2.04 bits per heavy atom. The highest BCUT2D eigenvalue weighted by molar-refractivity contribution is 14.1. The number of nitrogens with zero attached hydrogens (tertiary/aromatic N) is 4. The highest BCUT2D eigenvalue weighted by atomic mass is 127. The van der Waals surface area contributed by atoms with Crippen molar-refractivity contribution in [3.8, 4) is 0 Å². The quantitative estimate of drug-likeness (QED) is 0.497. The molecule has 1 atom stereocenters. The van der Waals surface area contributed by atoms with E-state index in [0.29, 0.717) is 33.6 Å². The zero-order chi connectivity index (χ0) is 19.5. The summed E-state index contributed by atoms with van der Waals surface area (Å²) in [4.78, 5) is 25.3. The van der Waals surface area contributed by atoms with Crippen LogP contribution in [0.15, 0.2) is 36.0 Å². The summed E-state index contributed by atoms with van der Waals surface area (Å²) < 4.78 is 0.571. The van der Waals surface area contributed by atoms with Gasteiger partial charge in [-0.3, -0.25) is 4.79 Å². The third kappa shape index (κ3) is 4.54. The van der Waals surface area contributed by atoms with Gasteiger partial charge in [-0.1, -0.05) is 36.8 Å². The molecule has 4 rings (SSSR count). The smallest absolute Gasteiger partial charge is 0.244 e. The van der Waals surface area contributed by atoms with E-state index in [1.54, 1.807) is 0 Å². The largest absolute Gasteiger partial charge is 0.382 e. The Morgan fingerprint density at radius 1 is 1.21 bits per heavy atom. The molecule has 28 heavy (non-hydrogen) atoms. The molecule has 1 unspecified atom stereocenters. The predicted octanol–water partition coefficient (Wildman–Crippen LogP) is 2.58. The zero-order valence-corrected chi connectivity index (χ0v) is 17.9. The number of nitrogen functional groups attached to an aromatic ring is 1. The van der Waals surface area contributed by atoms with Gasteiger partial charge in [0.2, 0.25) is 5.91 Å². The second-order valence-electron chi connectivity index (χ2n) is 7.49. The lowest BCUT2D eigenvalue weighted by molar-refractivity contribution is -0.115. The van der Waals surface area contributed by atoms with E-state index in [2.05, 4.69) is 50.6 Å². The first-order valence-electron chi connectivity index (χ1n) is 9.74. The van der Waals surface area contributed by atoms with Crippen LogP contribution in [0.5, 0.6) is 0 Å². The molecule has 0 spiro atoms. The lowest BCUT2D eigenvalue weighted by atomic mass is 10.1. The molecule has 8 heteroatoms. The van der Waals surface area contributed by atoms with Crippen molar-refractivity contribution >= 4 is 45.8 Å². The highest BCUT2D eigenvalue weighted by Crippen LogP contribution is 2.32. The molecule has 3 N–H and O–H groups in total. The predicted molar refractivity (Wildman–Crippen MR) is 120 cm³/mol. The van der Waals surface area contributed by atoms with Crippen molar-refractivity contribution in [3.63, 3.8) is 0 Å². The molecular formula is C20H25IN6O. The number of anilines is 3. The van der Waals surface area contributed by atoms with Crippen molar-refractivity contribution in [2.24, 2.45) is 5.92 Å². The first-order valence-corrected chi connectivity index (χ1v) is 10.8. The number of allylic oxidation sites excluding steroid dienone is 2. The van der Waals surface area contributed by atoms with Crippen LogP contribution in [-0.2, 0) is 4.79 Å².